The lowest BCUT2D eigenvalue weighted by atomic mass is 9.74. The molecule has 4 atom stereocenters. The van der Waals surface area contributed by atoms with E-state index in [1.165, 1.54) is 0 Å². The third-order valence-electron chi connectivity index (χ3n) is 6.19. The van der Waals surface area contributed by atoms with Gasteiger partial charge in [-0.15, -0.1) is 0 Å². The number of carboxylic acids is 1. The fourth-order valence-electron chi connectivity index (χ4n) is 4.94. The molecule has 6 heteroatoms. The summed E-state index contributed by atoms with van der Waals surface area (Å²) in [6.45, 7) is 2.15. The summed E-state index contributed by atoms with van der Waals surface area (Å²) in [6, 6.07) is 8.14. The normalized spacial score (nSPS) is 28.3. The maximum absolute atomic E-state index is 11.5. The number of carboxylic acid groups (broad SMARTS) is 1. The van der Waals surface area contributed by atoms with Gasteiger partial charge in [0.15, 0.2) is 0 Å². The van der Waals surface area contributed by atoms with E-state index in [-0.39, 0.29) is 17.5 Å². The zero-order chi connectivity index (χ0) is 18.9. The van der Waals surface area contributed by atoms with Crippen molar-refractivity contribution >= 4 is 11.7 Å². The standard InChI is InChI=1S/C20H26N2O4/c1-4-20-6-5-14(7-13(11-20)18(12-21)19(23)24)22(20)15-8-16(25-2)10-17(9-15)26-3/h8-10,13-14,18H,4-7,11H2,1-3H3,(H,23,24). The molecule has 0 amide bonds. The van der Waals surface area contributed by atoms with E-state index < -0.39 is 11.9 Å². The predicted molar refractivity (Wildman–Crippen MR) is 97.5 cm³/mol. The molecule has 4 unspecified atom stereocenters. The minimum atomic E-state index is -1.00. The Morgan fingerprint density at radius 1 is 1.38 bits per heavy atom. The first-order valence-electron chi connectivity index (χ1n) is 9.12. The smallest absolute Gasteiger partial charge is 0.321 e. The van der Waals surface area contributed by atoms with Crippen molar-refractivity contribution in [2.45, 2.75) is 50.6 Å². The second-order valence-electron chi connectivity index (χ2n) is 7.36. The third-order valence-corrected chi connectivity index (χ3v) is 6.19. The molecular weight excluding hydrogens is 332 g/mol. The number of fused-ring (bicyclic) bond motifs is 2. The van der Waals surface area contributed by atoms with Crippen molar-refractivity contribution in [3.8, 4) is 17.6 Å². The van der Waals surface area contributed by atoms with Crippen molar-refractivity contribution in [3.63, 3.8) is 0 Å². The highest BCUT2D eigenvalue weighted by atomic mass is 16.5. The van der Waals surface area contributed by atoms with E-state index in [1.54, 1.807) is 14.2 Å². The van der Waals surface area contributed by atoms with Crippen LogP contribution in [-0.4, -0.2) is 36.9 Å². The largest absolute Gasteiger partial charge is 0.497 e. The SMILES string of the molecule is CCC12CCC(CC(C(C#N)C(=O)O)C1)N2c1cc(OC)cc(OC)c1. The number of nitrogens with zero attached hydrogens (tertiary/aromatic N) is 2. The fourth-order valence-corrected chi connectivity index (χ4v) is 4.94. The van der Waals surface area contributed by atoms with Crippen LogP contribution in [0.5, 0.6) is 11.5 Å². The van der Waals surface area contributed by atoms with E-state index in [9.17, 15) is 15.2 Å². The molecule has 140 valence electrons. The van der Waals surface area contributed by atoms with Crippen LogP contribution in [0, 0.1) is 23.2 Å². The molecule has 0 radical (unpaired) electrons. The molecule has 2 fully saturated rings. The Hall–Kier alpha value is -2.42. The number of piperidine rings is 1. The summed E-state index contributed by atoms with van der Waals surface area (Å²) < 4.78 is 10.9. The van der Waals surface area contributed by atoms with Crippen molar-refractivity contribution in [2.24, 2.45) is 11.8 Å². The quantitative estimate of drug-likeness (QED) is 0.838. The second-order valence-corrected chi connectivity index (χ2v) is 7.36. The Labute approximate surface area is 154 Å². The summed E-state index contributed by atoms with van der Waals surface area (Å²) in [6.07, 6.45) is 4.40. The minimum Gasteiger partial charge on any atom is -0.497 e. The van der Waals surface area contributed by atoms with Gasteiger partial charge >= 0.3 is 5.97 Å². The van der Waals surface area contributed by atoms with E-state index in [4.69, 9.17) is 9.47 Å². The molecule has 0 saturated carbocycles. The number of ether oxygens (including phenoxy) is 2. The van der Waals surface area contributed by atoms with E-state index in [0.29, 0.717) is 0 Å². The number of methoxy groups -OCH3 is 2. The number of aliphatic carboxylic acids is 1. The van der Waals surface area contributed by atoms with Gasteiger partial charge in [0, 0.05) is 35.5 Å². The van der Waals surface area contributed by atoms with Gasteiger partial charge in [-0.1, -0.05) is 6.92 Å². The van der Waals surface area contributed by atoms with Crippen LogP contribution < -0.4 is 14.4 Å². The van der Waals surface area contributed by atoms with Crippen LogP contribution in [0.2, 0.25) is 0 Å². The summed E-state index contributed by atoms with van der Waals surface area (Å²) in [4.78, 5) is 13.9. The molecule has 1 aromatic carbocycles. The molecule has 26 heavy (non-hydrogen) atoms. The zero-order valence-corrected chi connectivity index (χ0v) is 15.6. The first-order valence-corrected chi connectivity index (χ1v) is 9.12. The van der Waals surface area contributed by atoms with Gasteiger partial charge in [0.05, 0.1) is 20.3 Å². The van der Waals surface area contributed by atoms with Gasteiger partial charge in [0.1, 0.15) is 17.4 Å². The van der Waals surface area contributed by atoms with Crippen LogP contribution in [0.1, 0.15) is 39.0 Å². The first-order chi connectivity index (χ1) is 12.5. The molecule has 2 saturated heterocycles. The van der Waals surface area contributed by atoms with Crippen molar-refractivity contribution in [2.75, 3.05) is 19.1 Å². The second kappa shape index (κ2) is 7.06. The van der Waals surface area contributed by atoms with Crippen molar-refractivity contribution in [1.29, 1.82) is 5.26 Å². The van der Waals surface area contributed by atoms with E-state index in [1.807, 2.05) is 24.3 Å². The molecular formula is C20H26N2O4. The van der Waals surface area contributed by atoms with Gasteiger partial charge in [-0.3, -0.25) is 4.79 Å². The number of hydrogen-bond acceptors (Lipinski definition) is 5. The van der Waals surface area contributed by atoms with Crippen molar-refractivity contribution < 1.29 is 19.4 Å². The molecule has 0 spiro atoms. The molecule has 2 bridgehead atoms. The average molecular weight is 358 g/mol. The Morgan fingerprint density at radius 2 is 2.04 bits per heavy atom. The fraction of sp³-hybridized carbons (Fsp3) is 0.600. The summed E-state index contributed by atoms with van der Waals surface area (Å²) in [5.74, 6) is -0.544. The van der Waals surface area contributed by atoms with Crippen LogP contribution in [-0.2, 0) is 4.79 Å². The highest BCUT2D eigenvalue weighted by Crippen LogP contribution is 2.52. The predicted octanol–water partition coefficient (Wildman–Crippen LogP) is 3.46. The Balaban J connectivity index is 1.98. The van der Waals surface area contributed by atoms with Crippen LogP contribution in [0.4, 0.5) is 5.69 Å². The molecule has 3 rings (SSSR count). The Kier molecular flexibility index (Phi) is 4.99. The zero-order valence-electron chi connectivity index (χ0n) is 15.6. The lowest BCUT2D eigenvalue weighted by Crippen LogP contribution is -2.54. The molecule has 1 aromatic rings. The first kappa shape index (κ1) is 18.4. The van der Waals surface area contributed by atoms with Gasteiger partial charge in [-0.2, -0.15) is 5.26 Å². The number of anilines is 1. The lowest BCUT2D eigenvalue weighted by Gasteiger charge is -2.49. The van der Waals surface area contributed by atoms with Crippen LogP contribution in [0.25, 0.3) is 0 Å². The molecule has 0 aromatic heterocycles. The summed E-state index contributed by atoms with van der Waals surface area (Å²) in [5.41, 5.74) is 0.933. The van der Waals surface area contributed by atoms with Crippen molar-refractivity contribution in [3.05, 3.63) is 18.2 Å². The molecule has 1 N–H and O–H groups in total. The maximum atomic E-state index is 11.5. The Morgan fingerprint density at radius 3 is 2.54 bits per heavy atom. The van der Waals surface area contributed by atoms with Crippen molar-refractivity contribution in [1.82, 2.24) is 0 Å². The number of hydrogen-bond donors (Lipinski definition) is 1. The summed E-state index contributed by atoms with van der Waals surface area (Å²) in [7, 11) is 3.28. The van der Waals surface area contributed by atoms with Gasteiger partial charge in [0.2, 0.25) is 0 Å². The van der Waals surface area contributed by atoms with Gasteiger partial charge < -0.3 is 19.5 Å². The monoisotopic (exact) mass is 358 g/mol. The van der Waals surface area contributed by atoms with Gasteiger partial charge in [0.25, 0.3) is 0 Å². The molecule has 2 aliphatic heterocycles. The molecule has 2 heterocycles. The van der Waals surface area contributed by atoms with E-state index in [0.717, 1.165) is 49.3 Å². The van der Waals surface area contributed by atoms with Gasteiger partial charge in [-0.05, 0) is 38.0 Å². The van der Waals surface area contributed by atoms with Crippen LogP contribution in [0.3, 0.4) is 0 Å². The minimum absolute atomic E-state index is 0.103. The number of rotatable bonds is 6. The summed E-state index contributed by atoms with van der Waals surface area (Å²) >= 11 is 0. The average Bonchev–Trinajstić information content (AvgIpc) is 2.89. The summed E-state index contributed by atoms with van der Waals surface area (Å²) in [5, 5.41) is 18.8. The number of nitriles is 1. The number of carbonyl (C=O) groups is 1. The van der Waals surface area contributed by atoms with Gasteiger partial charge in [-0.25, -0.2) is 0 Å². The molecule has 0 aliphatic carbocycles. The maximum Gasteiger partial charge on any atom is 0.321 e. The highest BCUT2D eigenvalue weighted by Gasteiger charge is 2.53. The molecule has 6 nitrogen and oxygen atoms in total. The van der Waals surface area contributed by atoms with E-state index in [2.05, 4.69) is 11.8 Å². The van der Waals surface area contributed by atoms with Crippen LogP contribution in [0.15, 0.2) is 18.2 Å². The topological polar surface area (TPSA) is 82.8 Å². The van der Waals surface area contributed by atoms with Crippen LogP contribution >= 0.6 is 0 Å². The lowest BCUT2D eigenvalue weighted by molar-refractivity contribution is -0.141. The number of benzene rings is 1. The molecule has 2 aliphatic rings. The highest BCUT2D eigenvalue weighted by molar-refractivity contribution is 5.73. The Bertz CT molecular complexity index is 707. The van der Waals surface area contributed by atoms with E-state index >= 15 is 0 Å². The third kappa shape index (κ3) is 2.96.